The van der Waals surface area contributed by atoms with Crippen LogP contribution in [0.1, 0.15) is 11.1 Å². The summed E-state index contributed by atoms with van der Waals surface area (Å²) in [6.07, 6.45) is 0. The third-order valence-corrected chi connectivity index (χ3v) is 15.5. The largest absolute Gasteiger partial charge is 0.457 e. The Bertz CT molecular complexity index is 4370. The summed E-state index contributed by atoms with van der Waals surface area (Å²) < 4.78 is 14.5. The van der Waals surface area contributed by atoms with Gasteiger partial charge in [-0.25, -0.2) is 0 Å². The van der Waals surface area contributed by atoms with E-state index in [0.717, 1.165) is 110 Å². The lowest BCUT2D eigenvalue weighted by Gasteiger charge is -2.21. The Balaban J connectivity index is 0.977. The van der Waals surface area contributed by atoms with Gasteiger partial charge in [0.05, 0.1) is 13.2 Å². The van der Waals surface area contributed by atoms with Gasteiger partial charge in [-0.3, -0.25) is 0 Å². The molecule has 14 aromatic rings. The third-order valence-electron chi connectivity index (χ3n) is 15.5. The van der Waals surface area contributed by atoms with Crippen LogP contribution >= 0.6 is 0 Å². The van der Waals surface area contributed by atoms with Gasteiger partial charge in [-0.2, -0.15) is 0 Å². The molecule has 0 heterocycles. The van der Waals surface area contributed by atoms with E-state index in [0.29, 0.717) is 23.0 Å². The topological polar surface area (TPSA) is 58.9 Å². The van der Waals surface area contributed by atoms with Crippen molar-refractivity contribution >= 4 is 64.6 Å². The Hall–Kier alpha value is -9.84. The Morgan fingerprint density at radius 1 is 0.244 bits per heavy atom. The predicted octanol–water partition coefficient (Wildman–Crippen LogP) is 19.5. The second-order valence-electron chi connectivity index (χ2n) is 20.2. The number of ether oxygens (including phenoxy) is 2. The van der Waals surface area contributed by atoms with Gasteiger partial charge in [-0.05, 0) is 193 Å². The van der Waals surface area contributed by atoms with Crippen LogP contribution in [-0.2, 0) is 13.2 Å². The average molecular weight is 1000 g/mol. The van der Waals surface area contributed by atoms with Crippen LogP contribution in [0.25, 0.3) is 120 Å². The molecule has 14 aromatic carbocycles. The molecular weight excluding hydrogens is 953 g/mol. The van der Waals surface area contributed by atoms with E-state index in [1.54, 1.807) is 0 Å². The number of hydrogen-bond acceptors (Lipinski definition) is 4. The predicted molar refractivity (Wildman–Crippen MR) is 324 cm³/mol. The maximum atomic E-state index is 10.7. The van der Waals surface area contributed by atoms with Gasteiger partial charge in [0, 0.05) is 11.1 Å². The number of fused-ring (bicyclic) bond motifs is 6. The van der Waals surface area contributed by atoms with Crippen LogP contribution in [0.3, 0.4) is 0 Å². The molecule has 0 amide bonds. The van der Waals surface area contributed by atoms with E-state index in [2.05, 4.69) is 206 Å². The van der Waals surface area contributed by atoms with Crippen LogP contribution in [0.5, 0.6) is 23.0 Å². The summed E-state index contributed by atoms with van der Waals surface area (Å²) in [5.74, 6) is 2.55. The van der Waals surface area contributed by atoms with Crippen molar-refractivity contribution in [3.05, 3.63) is 278 Å². The molecule has 0 bridgehead atoms. The molecular formula is C74H50O4. The molecule has 14 rings (SSSR count). The van der Waals surface area contributed by atoms with Crippen LogP contribution in [0.2, 0.25) is 0 Å². The summed E-state index contributed by atoms with van der Waals surface area (Å²) in [5.41, 5.74) is 11.6. The number of benzene rings is 14. The summed E-state index contributed by atoms with van der Waals surface area (Å²) in [6.45, 7) is -0.244. The fourth-order valence-electron chi connectivity index (χ4n) is 11.4. The van der Waals surface area contributed by atoms with E-state index in [1.807, 2.05) is 60.7 Å². The molecule has 370 valence electrons. The third kappa shape index (κ3) is 8.65. The van der Waals surface area contributed by atoms with Gasteiger partial charge in [-0.15, -0.1) is 0 Å². The first kappa shape index (κ1) is 46.7. The van der Waals surface area contributed by atoms with E-state index in [9.17, 15) is 10.2 Å². The highest BCUT2D eigenvalue weighted by atomic mass is 16.5. The number of aliphatic hydroxyl groups excluding tert-OH is 2. The maximum Gasteiger partial charge on any atom is 0.136 e. The first-order chi connectivity index (χ1) is 38.5. The Labute approximate surface area is 451 Å². The lowest BCUT2D eigenvalue weighted by atomic mass is 9.89. The fraction of sp³-hybridized carbons (Fsp3) is 0.0270. The second-order valence-corrected chi connectivity index (χ2v) is 20.2. The van der Waals surface area contributed by atoms with Crippen LogP contribution in [0.4, 0.5) is 0 Å². The molecule has 0 saturated heterocycles. The van der Waals surface area contributed by atoms with Crippen molar-refractivity contribution in [2.75, 3.05) is 0 Å². The van der Waals surface area contributed by atoms with E-state index in [4.69, 9.17) is 9.47 Å². The summed E-state index contributed by atoms with van der Waals surface area (Å²) >= 11 is 0. The van der Waals surface area contributed by atoms with Crippen LogP contribution in [-0.4, -0.2) is 10.2 Å². The highest BCUT2D eigenvalue weighted by molar-refractivity contribution is 6.11. The standard InChI is InChI=1S/C74H50O4/c75-45-63-25-31-65(43-69(63)61-23-19-49-11-3-7-15-53(49)39-61)77-71-35-29-59-41-57(55-21-17-47-9-1-5-13-51(47)37-55)27-33-67(59)73(71)74-68-34-28-58(56-22-18-48-10-2-6-14-52(48)38-56)42-60(68)30-36-72(74)78-66-32-26-64(46-76)70(44-66)62-24-20-50-12-4-8-16-54(50)40-62/h1-44,75-76H,45-46H2. The minimum Gasteiger partial charge on any atom is -0.457 e. The van der Waals surface area contributed by atoms with Gasteiger partial charge in [0.1, 0.15) is 23.0 Å². The van der Waals surface area contributed by atoms with Crippen molar-refractivity contribution < 1.29 is 19.7 Å². The molecule has 0 aliphatic heterocycles. The number of aliphatic hydroxyl groups is 2. The Kier molecular flexibility index (Phi) is 11.8. The summed E-state index contributed by atoms with van der Waals surface area (Å²) in [4.78, 5) is 0. The SMILES string of the molecule is OCc1ccc(Oc2ccc3cc(-c4ccc5ccccc5c4)ccc3c2-c2c(Oc3ccc(CO)c(-c4ccc5ccccc5c4)c3)ccc3cc(-c4ccc5ccccc5c4)ccc23)cc1-c1ccc2ccccc2c1. The summed E-state index contributed by atoms with van der Waals surface area (Å²) in [7, 11) is 0. The highest BCUT2D eigenvalue weighted by Crippen LogP contribution is 2.50. The average Bonchev–Trinajstić information content (AvgIpc) is 3.64. The van der Waals surface area contributed by atoms with Crippen molar-refractivity contribution in [3.8, 4) is 78.6 Å². The molecule has 0 spiro atoms. The summed E-state index contributed by atoms with van der Waals surface area (Å²) in [6, 6.07) is 93.5. The monoisotopic (exact) mass is 1000 g/mol. The van der Waals surface area contributed by atoms with Gasteiger partial charge in [0.2, 0.25) is 0 Å². The molecule has 78 heavy (non-hydrogen) atoms. The van der Waals surface area contributed by atoms with E-state index in [1.165, 1.54) is 21.5 Å². The quantitative estimate of drug-likeness (QED) is 0.136. The van der Waals surface area contributed by atoms with Gasteiger partial charge >= 0.3 is 0 Å². The van der Waals surface area contributed by atoms with Crippen molar-refractivity contribution in [2.45, 2.75) is 13.2 Å². The van der Waals surface area contributed by atoms with E-state index < -0.39 is 0 Å². The van der Waals surface area contributed by atoms with Crippen LogP contribution in [0.15, 0.2) is 267 Å². The second kappa shape index (κ2) is 19.7. The van der Waals surface area contributed by atoms with Crippen molar-refractivity contribution in [1.29, 1.82) is 0 Å². The molecule has 0 saturated carbocycles. The summed E-state index contributed by atoms with van der Waals surface area (Å²) in [5, 5.41) is 34.8. The molecule has 4 heteroatoms. The van der Waals surface area contributed by atoms with Gasteiger partial charge in [0.25, 0.3) is 0 Å². The van der Waals surface area contributed by atoms with Crippen molar-refractivity contribution in [1.82, 2.24) is 0 Å². The molecule has 2 N–H and O–H groups in total. The number of rotatable bonds is 11. The minimum atomic E-state index is -0.122. The molecule has 0 unspecified atom stereocenters. The highest BCUT2D eigenvalue weighted by Gasteiger charge is 2.23. The van der Waals surface area contributed by atoms with E-state index in [-0.39, 0.29) is 13.2 Å². The van der Waals surface area contributed by atoms with Crippen LogP contribution in [0, 0.1) is 0 Å². The zero-order valence-electron chi connectivity index (χ0n) is 42.5. The first-order valence-electron chi connectivity index (χ1n) is 26.4. The van der Waals surface area contributed by atoms with Gasteiger partial charge < -0.3 is 19.7 Å². The molecule has 0 aromatic heterocycles. The molecule has 0 aliphatic rings. The first-order valence-corrected chi connectivity index (χ1v) is 26.4. The molecule has 0 fully saturated rings. The lowest BCUT2D eigenvalue weighted by Crippen LogP contribution is -1.97. The molecule has 0 radical (unpaired) electrons. The zero-order chi connectivity index (χ0) is 52.1. The zero-order valence-corrected chi connectivity index (χ0v) is 42.5. The smallest absolute Gasteiger partial charge is 0.136 e. The molecule has 0 atom stereocenters. The molecule has 0 aliphatic carbocycles. The molecule has 4 nitrogen and oxygen atoms in total. The van der Waals surface area contributed by atoms with Crippen molar-refractivity contribution in [3.63, 3.8) is 0 Å². The number of hydrogen-bond donors (Lipinski definition) is 2. The maximum absolute atomic E-state index is 10.7. The lowest BCUT2D eigenvalue weighted by molar-refractivity contribution is 0.282. The van der Waals surface area contributed by atoms with E-state index >= 15 is 0 Å². The minimum absolute atomic E-state index is 0.122. The van der Waals surface area contributed by atoms with Gasteiger partial charge in [0.15, 0.2) is 0 Å². The van der Waals surface area contributed by atoms with Crippen LogP contribution < -0.4 is 9.47 Å². The van der Waals surface area contributed by atoms with Gasteiger partial charge in [-0.1, -0.05) is 194 Å². The fourth-order valence-corrected chi connectivity index (χ4v) is 11.4. The normalized spacial score (nSPS) is 11.6. The van der Waals surface area contributed by atoms with Crippen molar-refractivity contribution in [2.24, 2.45) is 0 Å². The Morgan fingerprint density at radius 3 is 0.897 bits per heavy atom. The Morgan fingerprint density at radius 2 is 0.538 bits per heavy atom.